The van der Waals surface area contributed by atoms with Gasteiger partial charge in [-0.3, -0.25) is 0 Å². The van der Waals surface area contributed by atoms with Crippen molar-refractivity contribution in [3.63, 3.8) is 0 Å². The first-order valence-electron chi connectivity index (χ1n) is 10.2. The Labute approximate surface area is 183 Å². The highest BCUT2D eigenvalue weighted by Gasteiger charge is 2.19. The van der Waals surface area contributed by atoms with Crippen LogP contribution in [0, 0.1) is 0 Å². The molecule has 2 aromatic carbocycles. The first-order valence-corrected chi connectivity index (χ1v) is 10.2. The monoisotopic (exact) mass is 423 g/mol. The first kappa shape index (κ1) is 22.2. The standard InChI is InChI=1S/C24H29N3O4/c1-6-30-22-13-20(11-12-21(22)29-5)27(15-18-14-25-16-26-18)19-9-7-17(8-10-19)23(28)31-24(2,3)4/h7-14,16H,6,15H2,1-5H3,(H,25,26). The van der Waals surface area contributed by atoms with Crippen LogP contribution in [0.3, 0.4) is 0 Å². The van der Waals surface area contributed by atoms with Crippen LogP contribution in [0.1, 0.15) is 43.7 Å². The van der Waals surface area contributed by atoms with E-state index in [1.165, 1.54) is 0 Å². The van der Waals surface area contributed by atoms with Crippen molar-refractivity contribution in [1.29, 1.82) is 0 Å². The molecule has 0 aliphatic rings. The maximum atomic E-state index is 12.4. The van der Waals surface area contributed by atoms with Crippen LogP contribution in [0.2, 0.25) is 0 Å². The molecule has 3 aromatic rings. The van der Waals surface area contributed by atoms with Crippen molar-refractivity contribution < 1.29 is 19.0 Å². The highest BCUT2D eigenvalue weighted by atomic mass is 16.6. The molecule has 0 fully saturated rings. The summed E-state index contributed by atoms with van der Waals surface area (Å²) in [6.07, 6.45) is 3.44. The molecule has 0 unspecified atom stereocenters. The Hall–Kier alpha value is -3.48. The summed E-state index contributed by atoms with van der Waals surface area (Å²) >= 11 is 0. The van der Waals surface area contributed by atoms with Crippen LogP contribution in [0.25, 0.3) is 0 Å². The highest BCUT2D eigenvalue weighted by Crippen LogP contribution is 2.35. The minimum absolute atomic E-state index is 0.345. The predicted octanol–water partition coefficient (Wildman–Crippen LogP) is 5.11. The average Bonchev–Trinajstić information content (AvgIpc) is 3.24. The van der Waals surface area contributed by atoms with Crippen LogP contribution in [-0.4, -0.2) is 35.3 Å². The number of hydrogen-bond acceptors (Lipinski definition) is 6. The van der Waals surface area contributed by atoms with Crippen LogP contribution in [-0.2, 0) is 11.3 Å². The minimum atomic E-state index is -0.540. The normalized spacial score (nSPS) is 11.1. The molecule has 1 heterocycles. The van der Waals surface area contributed by atoms with E-state index >= 15 is 0 Å². The van der Waals surface area contributed by atoms with E-state index in [2.05, 4.69) is 14.9 Å². The van der Waals surface area contributed by atoms with E-state index in [0.717, 1.165) is 17.1 Å². The number of aromatic nitrogens is 2. The lowest BCUT2D eigenvalue weighted by Gasteiger charge is -2.26. The van der Waals surface area contributed by atoms with Crippen LogP contribution in [0.15, 0.2) is 55.0 Å². The SMILES string of the molecule is CCOc1cc(N(Cc2cnc[nH]2)c2ccc(C(=O)OC(C)(C)C)cc2)ccc1OC. The molecule has 3 rings (SSSR count). The van der Waals surface area contributed by atoms with Crippen molar-refractivity contribution in [3.8, 4) is 11.5 Å². The number of hydrogen-bond donors (Lipinski definition) is 1. The Morgan fingerprint density at radius 3 is 2.35 bits per heavy atom. The van der Waals surface area contributed by atoms with Crippen LogP contribution in [0.5, 0.6) is 11.5 Å². The number of carbonyl (C=O) groups is 1. The average molecular weight is 424 g/mol. The third-order valence-corrected chi connectivity index (χ3v) is 4.46. The van der Waals surface area contributed by atoms with E-state index in [1.807, 2.05) is 58.0 Å². The van der Waals surface area contributed by atoms with Gasteiger partial charge >= 0.3 is 5.97 Å². The van der Waals surface area contributed by atoms with E-state index in [1.54, 1.807) is 31.8 Å². The van der Waals surface area contributed by atoms with Gasteiger partial charge in [0.2, 0.25) is 0 Å². The van der Waals surface area contributed by atoms with Gasteiger partial charge in [-0.25, -0.2) is 9.78 Å². The van der Waals surface area contributed by atoms with Crippen LogP contribution < -0.4 is 14.4 Å². The van der Waals surface area contributed by atoms with Gasteiger partial charge in [0, 0.05) is 23.6 Å². The lowest BCUT2D eigenvalue weighted by molar-refractivity contribution is 0.00695. The van der Waals surface area contributed by atoms with E-state index in [9.17, 15) is 4.79 Å². The largest absolute Gasteiger partial charge is 0.493 e. The summed E-state index contributed by atoms with van der Waals surface area (Å²) in [5.74, 6) is 0.997. The topological polar surface area (TPSA) is 76.7 Å². The second kappa shape index (κ2) is 9.55. The number of carbonyl (C=O) groups excluding carboxylic acids is 1. The fourth-order valence-electron chi connectivity index (χ4n) is 3.09. The molecule has 7 heteroatoms. The Balaban J connectivity index is 1.95. The van der Waals surface area contributed by atoms with Crippen molar-refractivity contribution in [2.75, 3.05) is 18.6 Å². The maximum absolute atomic E-state index is 12.4. The molecule has 0 spiro atoms. The molecule has 0 aliphatic carbocycles. The molecule has 1 aromatic heterocycles. The highest BCUT2D eigenvalue weighted by molar-refractivity contribution is 5.90. The fraction of sp³-hybridized carbons (Fsp3) is 0.333. The predicted molar refractivity (Wildman–Crippen MR) is 120 cm³/mol. The smallest absolute Gasteiger partial charge is 0.338 e. The number of ether oxygens (including phenoxy) is 3. The van der Waals surface area contributed by atoms with Gasteiger partial charge in [-0.1, -0.05) is 0 Å². The minimum Gasteiger partial charge on any atom is -0.493 e. The molecule has 0 amide bonds. The molecule has 0 radical (unpaired) electrons. The number of imidazole rings is 1. The Kier molecular flexibility index (Phi) is 6.84. The summed E-state index contributed by atoms with van der Waals surface area (Å²) in [7, 11) is 1.62. The van der Waals surface area contributed by atoms with Gasteiger partial charge in [0.15, 0.2) is 11.5 Å². The van der Waals surface area contributed by atoms with Crippen molar-refractivity contribution in [1.82, 2.24) is 9.97 Å². The second-order valence-electron chi connectivity index (χ2n) is 7.98. The Morgan fingerprint density at radius 1 is 1.06 bits per heavy atom. The molecule has 1 N–H and O–H groups in total. The summed E-state index contributed by atoms with van der Waals surface area (Å²) in [4.78, 5) is 21.7. The van der Waals surface area contributed by atoms with E-state index in [-0.39, 0.29) is 5.97 Å². The summed E-state index contributed by atoms with van der Waals surface area (Å²) in [5, 5.41) is 0. The zero-order valence-corrected chi connectivity index (χ0v) is 18.6. The molecule has 31 heavy (non-hydrogen) atoms. The molecule has 0 saturated carbocycles. The molecule has 0 saturated heterocycles. The number of anilines is 2. The van der Waals surface area contributed by atoms with Gasteiger partial charge < -0.3 is 24.1 Å². The molecule has 0 atom stereocenters. The third kappa shape index (κ3) is 5.78. The van der Waals surface area contributed by atoms with Gasteiger partial charge in [-0.05, 0) is 64.1 Å². The second-order valence-corrected chi connectivity index (χ2v) is 7.98. The molecular formula is C24H29N3O4. The van der Waals surface area contributed by atoms with Crippen molar-refractivity contribution >= 4 is 17.3 Å². The third-order valence-electron chi connectivity index (χ3n) is 4.46. The number of H-pyrrole nitrogens is 1. The Morgan fingerprint density at radius 2 is 1.77 bits per heavy atom. The number of benzene rings is 2. The maximum Gasteiger partial charge on any atom is 0.338 e. The van der Waals surface area contributed by atoms with Crippen molar-refractivity contribution in [2.45, 2.75) is 39.8 Å². The fourth-order valence-corrected chi connectivity index (χ4v) is 3.09. The van der Waals surface area contributed by atoms with Gasteiger partial charge in [0.05, 0.1) is 37.8 Å². The summed E-state index contributed by atoms with van der Waals surface area (Å²) in [5.41, 5.74) is 2.74. The number of nitrogens with one attached hydrogen (secondary N) is 1. The molecule has 0 aliphatic heterocycles. The van der Waals surface area contributed by atoms with Crippen molar-refractivity contribution in [2.24, 2.45) is 0 Å². The number of esters is 1. The zero-order valence-electron chi connectivity index (χ0n) is 18.6. The number of aromatic amines is 1. The summed E-state index contributed by atoms with van der Waals surface area (Å²) in [6.45, 7) is 8.58. The van der Waals surface area contributed by atoms with Gasteiger partial charge in [0.1, 0.15) is 5.60 Å². The van der Waals surface area contributed by atoms with Crippen LogP contribution in [0.4, 0.5) is 11.4 Å². The van der Waals surface area contributed by atoms with Crippen molar-refractivity contribution in [3.05, 3.63) is 66.2 Å². The molecule has 7 nitrogen and oxygen atoms in total. The number of rotatable bonds is 8. The van der Waals surface area contributed by atoms with Gasteiger partial charge in [-0.2, -0.15) is 0 Å². The van der Waals surface area contributed by atoms with E-state index in [0.29, 0.717) is 30.2 Å². The lowest BCUT2D eigenvalue weighted by Crippen LogP contribution is -2.24. The zero-order chi connectivity index (χ0) is 22.4. The number of nitrogens with zero attached hydrogens (tertiary/aromatic N) is 2. The first-order chi connectivity index (χ1) is 14.8. The number of methoxy groups -OCH3 is 1. The molecule has 0 bridgehead atoms. The quantitative estimate of drug-likeness (QED) is 0.507. The molecular weight excluding hydrogens is 394 g/mol. The summed E-state index contributed by atoms with van der Waals surface area (Å²) < 4.78 is 16.6. The van der Waals surface area contributed by atoms with Gasteiger partial charge in [-0.15, -0.1) is 0 Å². The van der Waals surface area contributed by atoms with Gasteiger partial charge in [0.25, 0.3) is 0 Å². The summed E-state index contributed by atoms with van der Waals surface area (Å²) in [6, 6.07) is 13.2. The molecule has 164 valence electrons. The van der Waals surface area contributed by atoms with Crippen LogP contribution >= 0.6 is 0 Å². The van der Waals surface area contributed by atoms with E-state index < -0.39 is 5.60 Å². The lowest BCUT2D eigenvalue weighted by atomic mass is 10.1. The van der Waals surface area contributed by atoms with E-state index in [4.69, 9.17) is 14.2 Å². The Bertz CT molecular complexity index is 993.